The van der Waals surface area contributed by atoms with Crippen LogP contribution in [-0.4, -0.2) is 57.8 Å². The van der Waals surface area contributed by atoms with E-state index in [1.807, 2.05) is 12.3 Å². The van der Waals surface area contributed by atoms with Crippen LogP contribution in [0.5, 0.6) is 0 Å². The average molecular weight is 449 g/mol. The van der Waals surface area contributed by atoms with Gasteiger partial charge in [-0.2, -0.15) is 0 Å². The van der Waals surface area contributed by atoms with E-state index >= 15 is 0 Å². The van der Waals surface area contributed by atoms with Crippen molar-refractivity contribution in [1.82, 2.24) is 30.2 Å². The molecule has 10 heteroatoms. The number of alkyl carbamates (subject to hydrolysis) is 1. The summed E-state index contributed by atoms with van der Waals surface area (Å²) in [5, 5.41) is 6.78. The number of pyridine rings is 1. The Labute approximate surface area is 185 Å². The summed E-state index contributed by atoms with van der Waals surface area (Å²) >= 11 is 0. The molecular formula is C22H30F2N6O2. The summed E-state index contributed by atoms with van der Waals surface area (Å²) in [7, 11) is 1.34. The van der Waals surface area contributed by atoms with Crippen molar-refractivity contribution in [2.24, 2.45) is 0 Å². The van der Waals surface area contributed by atoms with E-state index in [9.17, 15) is 13.6 Å². The Morgan fingerprint density at radius 3 is 2.84 bits per heavy atom. The Balaban J connectivity index is 1.55. The number of H-pyrrole nitrogens is 1. The third-order valence-electron chi connectivity index (χ3n) is 6.34. The van der Waals surface area contributed by atoms with Gasteiger partial charge in [0.05, 0.1) is 25.4 Å². The first-order valence-electron chi connectivity index (χ1n) is 11.2. The van der Waals surface area contributed by atoms with E-state index in [2.05, 4.69) is 29.9 Å². The van der Waals surface area contributed by atoms with Crippen LogP contribution < -0.4 is 10.6 Å². The highest BCUT2D eigenvalue weighted by Crippen LogP contribution is 2.35. The van der Waals surface area contributed by atoms with Gasteiger partial charge in [0, 0.05) is 43.1 Å². The Hall–Kier alpha value is -2.75. The Morgan fingerprint density at radius 1 is 1.34 bits per heavy atom. The van der Waals surface area contributed by atoms with Crippen molar-refractivity contribution in [3.05, 3.63) is 24.3 Å². The molecule has 3 N–H and O–H groups in total. The molecule has 3 heterocycles. The second-order valence-electron chi connectivity index (χ2n) is 8.39. The van der Waals surface area contributed by atoms with Gasteiger partial charge in [0.2, 0.25) is 0 Å². The zero-order valence-electron chi connectivity index (χ0n) is 18.5. The first-order valence-corrected chi connectivity index (χ1v) is 11.2. The van der Waals surface area contributed by atoms with Gasteiger partial charge in [-0.25, -0.2) is 23.5 Å². The van der Waals surface area contributed by atoms with Gasteiger partial charge in [0.15, 0.2) is 0 Å². The normalized spacial score (nSPS) is 19.5. The van der Waals surface area contributed by atoms with Crippen LogP contribution in [0.3, 0.4) is 0 Å². The maximum absolute atomic E-state index is 13.6. The van der Waals surface area contributed by atoms with E-state index in [0.29, 0.717) is 13.0 Å². The molecule has 1 aliphatic carbocycles. The molecule has 0 atom stereocenters. The molecule has 0 aromatic carbocycles. The number of imidazole rings is 1. The minimum atomic E-state index is -2.66. The molecule has 8 nitrogen and oxygen atoms in total. The van der Waals surface area contributed by atoms with Crippen molar-refractivity contribution in [3.63, 3.8) is 0 Å². The van der Waals surface area contributed by atoms with Gasteiger partial charge in [0.1, 0.15) is 17.0 Å². The molecule has 1 aliphatic rings. The third-order valence-corrected chi connectivity index (χ3v) is 6.34. The number of carbonyl (C=O) groups is 1. The predicted molar refractivity (Wildman–Crippen MR) is 118 cm³/mol. The lowest BCUT2D eigenvalue weighted by molar-refractivity contribution is -0.00545. The maximum Gasteiger partial charge on any atom is 0.406 e. The number of amides is 1. The van der Waals surface area contributed by atoms with Crippen molar-refractivity contribution < 1.29 is 18.3 Å². The van der Waals surface area contributed by atoms with Crippen LogP contribution in [0.4, 0.5) is 13.6 Å². The van der Waals surface area contributed by atoms with E-state index in [1.54, 1.807) is 6.20 Å². The molecule has 1 amide bonds. The summed E-state index contributed by atoms with van der Waals surface area (Å²) in [6, 6.07) is 2.30. The van der Waals surface area contributed by atoms with Gasteiger partial charge in [-0.15, -0.1) is 0 Å². The number of ether oxygens (including phenoxy) is 1. The predicted octanol–water partition coefficient (Wildman–Crippen LogP) is 3.93. The number of carbonyl (C=O) groups excluding carboxylic acids is 1. The minimum absolute atomic E-state index is 0.0943. The van der Waals surface area contributed by atoms with Crippen LogP contribution in [-0.2, 0) is 11.2 Å². The molecule has 1 fully saturated rings. The zero-order chi connectivity index (χ0) is 22.7. The van der Waals surface area contributed by atoms with Crippen molar-refractivity contribution in [1.29, 1.82) is 0 Å². The Kier molecular flexibility index (Phi) is 6.59. The standard InChI is InChI=1S/C22H30F2N6O2/c1-3-22(23,24)13-28-14-4-6-15(7-5-14)30-18(9-11-26-21(31)32-2)29-17-12-27-20-16(19(17)30)8-10-25-20/h8,10,12,14-15,28H,3-7,9,11,13H2,1-2H3,(H,25,27)(H,26,31). The summed E-state index contributed by atoms with van der Waals surface area (Å²) in [6.45, 7) is 1.64. The number of aromatic amines is 1. The summed E-state index contributed by atoms with van der Waals surface area (Å²) in [5.41, 5.74) is 2.64. The fourth-order valence-electron chi connectivity index (χ4n) is 4.52. The van der Waals surface area contributed by atoms with Crippen molar-refractivity contribution in [2.45, 2.75) is 63.5 Å². The van der Waals surface area contributed by atoms with E-state index < -0.39 is 12.0 Å². The summed E-state index contributed by atoms with van der Waals surface area (Å²) < 4.78 is 34.2. The van der Waals surface area contributed by atoms with Crippen LogP contribution >= 0.6 is 0 Å². The van der Waals surface area contributed by atoms with Crippen molar-refractivity contribution >= 4 is 28.2 Å². The van der Waals surface area contributed by atoms with Crippen LogP contribution in [0.2, 0.25) is 0 Å². The average Bonchev–Trinajstić information content (AvgIpc) is 3.42. The lowest BCUT2D eigenvalue weighted by Gasteiger charge is -2.32. The van der Waals surface area contributed by atoms with Gasteiger partial charge < -0.3 is 24.9 Å². The van der Waals surface area contributed by atoms with Crippen LogP contribution in [0, 0.1) is 0 Å². The maximum atomic E-state index is 13.6. The molecule has 0 bridgehead atoms. The van der Waals surface area contributed by atoms with Crippen LogP contribution in [0.15, 0.2) is 18.5 Å². The van der Waals surface area contributed by atoms with Gasteiger partial charge in [-0.05, 0) is 31.7 Å². The number of methoxy groups -OCH3 is 1. The van der Waals surface area contributed by atoms with Gasteiger partial charge in [0.25, 0.3) is 5.92 Å². The summed E-state index contributed by atoms with van der Waals surface area (Å²) in [4.78, 5) is 23.9. The highest BCUT2D eigenvalue weighted by Gasteiger charge is 2.30. The number of hydrogen-bond acceptors (Lipinski definition) is 5. The Bertz CT molecular complexity index is 1070. The highest BCUT2D eigenvalue weighted by molar-refractivity contribution is 6.01. The first kappa shape index (κ1) is 22.4. The van der Waals surface area contributed by atoms with E-state index in [0.717, 1.165) is 53.6 Å². The van der Waals surface area contributed by atoms with E-state index in [-0.39, 0.29) is 25.0 Å². The number of nitrogens with one attached hydrogen (secondary N) is 3. The van der Waals surface area contributed by atoms with Gasteiger partial charge in [-0.1, -0.05) is 6.92 Å². The molecule has 0 unspecified atom stereocenters. The molecule has 32 heavy (non-hydrogen) atoms. The SMILES string of the molecule is CCC(F)(F)CNC1CCC(n2c(CCNC(=O)OC)nc3cnc4[nH]ccc4c32)CC1. The molecule has 0 saturated heterocycles. The molecule has 3 aromatic heterocycles. The highest BCUT2D eigenvalue weighted by atomic mass is 19.3. The second-order valence-corrected chi connectivity index (χ2v) is 8.39. The molecule has 0 spiro atoms. The number of fused-ring (bicyclic) bond motifs is 3. The number of aromatic nitrogens is 4. The van der Waals surface area contributed by atoms with Crippen LogP contribution in [0.1, 0.15) is 50.9 Å². The fraction of sp³-hybridized carbons (Fsp3) is 0.591. The number of nitrogens with zero attached hydrogens (tertiary/aromatic N) is 3. The van der Waals surface area contributed by atoms with E-state index in [1.165, 1.54) is 14.0 Å². The number of alkyl halides is 2. The third kappa shape index (κ3) is 4.69. The first-order chi connectivity index (χ1) is 15.4. The summed E-state index contributed by atoms with van der Waals surface area (Å²) in [6.07, 6.45) is 6.94. The van der Waals surface area contributed by atoms with Gasteiger partial charge in [-0.3, -0.25) is 0 Å². The van der Waals surface area contributed by atoms with Crippen molar-refractivity contribution in [2.75, 3.05) is 20.2 Å². The topological polar surface area (TPSA) is 96.9 Å². The molecule has 0 aliphatic heterocycles. The van der Waals surface area contributed by atoms with Crippen molar-refractivity contribution in [3.8, 4) is 0 Å². The minimum Gasteiger partial charge on any atom is -0.453 e. The van der Waals surface area contributed by atoms with E-state index in [4.69, 9.17) is 4.98 Å². The molecule has 3 aromatic rings. The quantitative estimate of drug-likeness (QED) is 0.485. The smallest absolute Gasteiger partial charge is 0.406 e. The zero-order valence-corrected chi connectivity index (χ0v) is 18.5. The molecular weight excluding hydrogens is 418 g/mol. The number of halogens is 2. The molecule has 174 valence electrons. The summed E-state index contributed by atoms with van der Waals surface area (Å²) in [5.74, 6) is -1.79. The number of hydrogen-bond donors (Lipinski definition) is 3. The Morgan fingerprint density at radius 2 is 2.12 bits per heavy atom. The molecule has 0 radical (unpaired) electrons. The molecule has 4 rings (SSSR count). The van der Waals surface area contributed by atoms with Crippen LogP contribution in [0.25, 0.3) is 22.1 Å². The lowest BCUT2D eigenvalue weighted by Crippen LogP contribution is -2.41. The number of rotatable bonds is 8. The largest absolute Gasteiger partial charge is 0.453 e. The monoisotopic (exact) mass is 448 g/mol. The fourth-order valence-corrected chi connectivity index (χ4v) is 4.52. The lowest BCUT2D eigenvalue weighted by atomic mass is 9.90. The van der Waals surface area contributed by atoms with Gasteiger partial charge >= 0.3 is 6.09 Å². The second kappa shape index (κ2) is 9.40. The molecule has 1 saturated carbocycles.